The summed E-state index contributed by atoms with van der Waals surface area (Å²) in [5.74, 6) is 0.187. The fraction of sp³-hybridized carbons (Fsp3) is 0.500. The number of hydrogen-bond acceptors (Lipinski definition) is 10. The first kappa shape index (κ1) is 16.1. The summed E-state index contributed by atoms with van der Waals surface area (Å²) in [4.78, 5) is 17.0. The Morgan fingerprint density at radius 2 is 2.17 bits per heavy atom. The van der Waals surface area contributed by atoms with Crippen LogP contribution in [0.2, 0.25) is 0 Å². The molecule has 2 aromatic heterocycles. The Hall–Kier alpha value is -1.79. The number of rotatable bonds is 5. The van der Waals surface area contributed by atoms with Crippen LogP contribution in [0.5, 0.6) is 0 Å². The van der Waals surface area contributed by atoms with E-state index in [0.29, 0.717) is 11.2 Å². The van der Waals surface area contributed by atoms with Crippen molar-refractivity contribution in [3.05, 3.63) is 12.7 Å². The molecule has 0 spiro atoms. The maximum atomic E-state index is 10.2. The zero-order chi connectivity index (χ0) is 16.6. The number of aromatic nitrogens is 4. The van der Waals surface area contributed by atoms with E-state index < -0.39 is 24.5 Å². The van der Waals surface area contributed by atoms with Crippen LogP contribution in [0, 0.1) is 5.16 Å². The molecule has 0 amide bonds. The molecule has 2 aromatic rings. The zero-order valence-electron chi connectivity index (χ0n) is 11.6. The number of fused-ring (bicyclic) bond motifs is 1. The lowest BCUT2D eigenvalue weighted by molar-refractivity contribution is -0.277. The number of nitrogens with zero attached hydrogens (tertiary/aromatic N) is 5. The van der Waals surface area contributed by atoms with Crippen molar-refractivity contribution >= 4 is 25.5 Å². The summed E-state index contributed by atoms with van der Waals surface area (Å²) in [6.45, 7) is -0.249. The van der Waals surface area contributed by atoms with Crippen LogP contribution < -0.4 is 5.73 Å². The average molecular weight is 343 g/mol. The number of anilines is 1. The van der Waals surface area contributed by atoms with E-state index in [-0.39, 0.29) is 25.9 Å². The van der Waals surface area contributed by atoms with Crippen molar-refractivity contribution in [2.45, 2.75) is 24.5 Å². The highest BCUT2D eigenvalue weighted by atomic mass is 31.1. The van der Waals surface area contributed by atoms with Crippen LogP contribution in [0.4, 0.5) is 5.82 Å². The first-order valence-electron chi connectivity index (χ1n) is 6.47. The highest BCUT2D eigenvalue weighted by Crippen LogP contribution is 2.32. The second kappa shape index (κ2) is 6.37. The Bertz CT molecular complexity index is 714. The van der Waals surface area contributed by atoms with E-state index in [9.17, 15) is 10.2 Å². The number of imidazole rings is 1. The summed E-state index contributed by atoms with van der Waals surface area (Å²) in [6, 6.07) is 0. The van der Waals surface area contributed by atoms with Crippen molar-refractivity contribution in [1.29, 1.82) is 5.16 Å². The predicted molar refractivity (Wildman–Crippen MR) is 74.9 cm³/mol. The molecule has 13 heteroatoms. The molecule has 0 radical (unpaired) electrons. The summed E-state index contributed by atoms with van der Waals surface area (Å²) in [7, 11) is -0.274. The lowest BCUT2D eigenvalue weighted by Gasteiger charge is -2.16. The summed E-state index contributed by atoms with van der Waals surface area (Å²) in [5, 5.41) is 36.2. The third-order valence-corrected chi connectivity index (χ3v) is 3.72. The van der Waals surface area contributed by atoms with E-state index in [0.717, 1.165) is 0 Å². The van der Waals surface area contributed by atoms with E-state index in [1.807, 2.05) is 0 Å². The van der Waals surface area contributed by atoms with Gasteiger partial charge in [-0.25, -0.2) is 15.0 Å². The number of ether oxygens (including phenoxy) is 1. The van der Waals surface area contributed by atoms with Gasteiger partial charge in [0.25, 0.3) is 0 Å². The normalized spacial score (nSPS) is 28.2. The molecule has 23 heavy (non-hydrogen) atoms. The maximum absolute atomic E-state index is 10.2. The molecule has 4 atom stereocenters. The molecule has 1 saturated heterocycles. The van der Waals surface area contributed by atoms with Crippen LogP contribution in [0.15, 0.2) is 12.7 Å². The first-order chi connectivity index (χ1) is 11.0. The molecule has 3 rings (SSSR count). The minimum Gasteiger partial charge on any atom is -0.387 e. The number of aliphatic hydroxyl groups excluding tert-OH is 2. The van der Waals surface area contributed by atoms with Gasteiger partial charge in [-0.2, -0.15) is 0 Å². The van der Waals surface area contributed by atoms with Crippen molar-refractivity contribution in [1.82, 2.24) is 24.5 Å². The van der Waals surface area contributed by atoms with Gasteiger partial charge in [0, 0.05) is 5.00 Å². The smallest absolute Gasteiger partial charge is 0.167 e. The Balaban J connectivity index is 1.82. The fourth-order valence-corrected chi connectivity index (χ4v) is 2.45. The van der Waals surface area contributed by atoms with Crippen LogP contribution in [-0.2, 0) is 9.57 Å². The third kappa shape index (κ3) is 2.88. The second-order valence-corrected chi connectivity index (χ2v) is 5.32. The van der Waals surface area contributed by atoms with Crippen molar-refractivity contribution in [2.24, 2.45) is 0 Å². The van der Waals surface area contributed by atoms with Crippen molar-refractivity contribution in [3.8, 4) is 0 Å². The van der Waals surface area contributed by atoms with Crippen molar-refractivity contribution < 1.29 is 25.0 Å². The largest absolute Gasteiger partial charge is 0.387 e. The van der Waals surface area contributed by atoms with Gasteiger partial charge in [0.2, 0.25) is 0 Å². The van der Waals surface area contributed by atoms with Crippen LogP contribution >= 0.6 is 8.52 Å². The minimum absolute atomic E-state index is 0.187. The molecule has 0 unspecified atom stereocenters. The molecule has 3 heterocycles. The quantitative estimate of drug-likeness (QED) is 0.344. The second-order valence-electron chi connectivity index (χ2n) is 4.78. The SMILES string of the molecule is N=PN(O)OC[C@H]1O[C@@H](n2cnc3c(N)ncnc32)[C@H](O)[C@@H]1O. The fourth-order valence-electron chi connectivity index (χ4n) is 2.32. The molecule has 0 bridgehead atoms. The minimum atomic E-state index is -1.27. The number of nitrogens with two attached hydrogens (primary N) is 1. The molecule has 0 aliphatic carbocycles. The molecular weight excluding hydrogens is 329 g/mol. The van der Waals surface area contributed by atoms with Gasteiger partial charge < -0.3 is 20.7 Å². The highest BCUT2D eigenvalue weighted by Gasteiger charge is 2.44. The number of hydrogen-bond donors (Lipinski definition) is 5. The molecule has 12 nitrogen and oxygen atoms in total. The lowest BCUT2D eigenvalue weighted by Crippen LogP contribution is -2.34. The van der Waals surface area contributed by atoms with E-state index >= 15 is 0 Å². The highest BCUT2D eigenvalue weighted by molar-refractivity contribution is 7.21. The Kier molecular flexibility index (Phi) is 4.46. The molecule has 0 aromatic carbocycles. The van der Waals surface area contributed by atoms with Crippen molar-refractivity contribution in [3.63, 3.8) is 0 Å². The van der Waals surface area contributed by atoms with E-state index in [1.54, 1.807) is 0 Å². The zero-order valence-corrected chi connectivity index (χ0v) is 12.5. The summed E-state index contributed by atoms with van der Waals surface area (Å²) in [6.07, 6.45) is -1.77. The number of nitrogens with one attached hydrogen (secondary N) is 1. The Morgan fingerprint density at radius 1 is 1.39 bits per heavy atom. The number of nitrogen functional groups attached to an aromatic ring is 1. The van der Waals surface area contributed by atoms with Crippen LogP contribution in [-0.4, -0.2) is 64.9 Å². The van der Waals surface area contributed by atoms with E-state index in [2.05, 4.69) is 15.0 Å². The topological polar surface area (TPSA) is 176 Å². The van der Waals surface area contributed by atoms with Crippen LogP contribution in [0.3, 0.4) is 0 Å². The molecule has 1 fully saturated rings. The lowest BCUT2D eigenvalue weighted by atomic mass is 10.1. The molecule has 1 aliphatic rings. The first-order valence-corrected chi connectivity index (χ1v) is 7.31. The molecule has 0 saturated carbocycles. The van der Waals surface area contributed by atoms with Gasteiger partial charge in [-0.15, -0.1) is 0 Å². The molecule has 1 aliphatic heterocycles. The van der Waals surface area contributed by atoms with Crippen LogP contribution in [0.25, 0.3) is 11.2 Å². The summed E-state index contributed by atoms with van der Waals surface area (Å²) >= 11 is 0. The summed E-state index contributed by atoms with van der Waals surface area (Å²) in [5.41, 5.74) is 6.41. The van der Waals surface area contributed by atoms with Gasteiger partial charge in [-0.3, -0.25) is 19.8 Å². The average Bonchev–Trinajstić information content (AvgIpc) is 3.09. The van der Waals surface area contributed by atoms with Crippen molar-refractivity contribution in [2.75, 3.05) is 12.3 Å². The Labute approximate surface area is 130 Å². The van der Waals surface area contributed by atoms with E-state index in [4.69, 9.17) is 25.7 Å². The van der Waals surface area contributed by atoms with Gasteiger partial charge in [0.1, 0.15) is 45.3 Å². The van der Waals surface area contributed by atoms with Gasteiger partial charge in [0.15, 0.2) is 17.7 Å². The summed E-state index contributed by atoms with van der Waals surface area (Å²) < 4.78 is 7.00. The predicted octanol–water partition coefficient (Wildman–Crippen LogP) is -0.726. The maximum Gasteiger partial charge on any atom is 0.167 e. The van der Waals surface area contributed by atoms with E-state index in [1.165, 1.54) is 17.2 Å². The monoisotopic (exact) mass is 343 g/mol. The molecule has 124 valence electrons. The number of aliphatic hydroxyl groups is 2. The standard InChI is InChI=1S/C10H14N7O5P/c11-8-5-9(14-2-13-8)16(3-15-5)10-7(19)6(18)4(22-10)1-21-17(20)23-12/h2-4,6-7,10,12,18-20H,1H2,(H2,11,13,14)/t4-,6-,7-,10-/m1/s1. The van der Waals surface area contributed by atoms with Crippen LogP contribution in [0.1, 0.15) is 6.23 Å². The van der Waals surface area contributed by atoms with Gasteiger partial charge >= 0.3 is 0 Å². The Morgan fingerprint density at radius 3 is 2.91 bits per heavy atom. The van der Waals surface area contributed by atoms with Gasteiger partial charge in [-0.05, 0) is 0 Å². The third-order valence-electron chi connectivity index (χ3n) is 3.44. The molecular formula is C10H14N7O5P. The van der Waals surface area contributed by atoms with Gasteiger partial charge in [-0.1, -0.05) is 0 Å². The van der Waals surface area contributed by atoms with Gasteiger partial charge in [0.05, 0.1) is 6.33 Å². The molecule has 6 N–H and O–H groups in total.